The van der Waals surface area contributed by atoms with E-state index in [4.69, 9.17) is 16.3 Å². The summed E-state index contributed by atoms with van der Waals surface area (Å²) in [4.78, 5) is 29.4. The molecule has 2 fully saturated rings. The molecule has 2 saturated carbocycles. The van der Waals surface area contributed by atoms with Gasteiger partial charge in [0.15, 0.2) is 5.78 Å². The number of aromatic nitrogens is 2. The molecule has 0 amide bonds. The zero-order chi connectivity index (χ0) is 26.6. The molecule has 0 unspecified atom stereocenters. The van der Waals surface area contributed by atoms with Crippen LogP contribution in [-0.2, 0) is 16.1 Å². The number of aryl methyl sites for hydroxylation is 1. The average Bonchev–Trinajstić information content (AvgIpc) is 3.65. The van der Waals surface area contributed by atoms with E-state index in [9.17, 15) is 14.7 Å². The van der Waals surface area contributed by atoms with Crippen molar-refractivity contribution in [2.45, 2.75) is 84.3 Å². The Balaban J connectivity index is 1.53. The molecule has 0 spiro atoms. The van der Waals surface area contributed by atoms with Gasteiger partial charge in [-0.1, -0.05) is 35.7 Å². The van der Waals surface area contributed by atoms with E-state index in [2.05, 4.69) is 16.8 Å². The van der Waals surface area contributed by atoms with E-state index in [1.165, 1.54) is 12.8 Å². The first-order chi connectivity index (χ1) is 17.6. The molecule has 0 saturated heterocycles. The first-order valence-electron chi connectivity index (χ1n) is 13.4. The van der Waals surface area contributed by atoms with Crippen LogP contribution in [0.3, 0.4) is 0 Å². The fraction of sp³-hybridized carbons (Fsp3) is 0.567. The standard InChI is InChI=1S/C30H37ClN2O4/c1-20-4-6-22(7-5-20)18-33-27(26(34)15-12-21-10-13-24(14-11-21)28(35)36)25(32-29(33)31)16-17-30(2,3)37-19-23-8-9-23/h4-7,21,23-24H,8-15,18-19H2,1-3H3,(H,35,36). The number of aliphatic carboxylic acids is 1. The van der Waals surface area contributed by atoms with Crippen molar-refractivity contribution in [3.63, 3.8) is 0 Å². The number of carbonyl (C=O) groups is 2. The van der Waals surface area contributed by atoms with Crippen LogP contribution >= 0.6 is 11.6 Å². The van der Waals surface area contributed by atoms with Crippen molar-refractivity contribution in [3.05, 3.63) is 52.1 Å². The smallest absolute Gasteiger partial charge is 0.306 e. The molecule has 37 heavy (non-hydrogen) atoms. The predicted octanol–water partition coefficient (Wildman–Crippen LogP) is 6.30. The lowest BCUT2D eigenvalue weighted by atomic mass is 9.79. The lowest BCUT2D eigenvalue weighted by Crippen LogP contribution is -2.23. The van der Waals surface area contributed by atoms with Crippen LogP contribution in [0.2, 0.25) is 5.28 Å². The molecule has 2 aliphatic rings. The Hall–Kier alpha value is -2.62. The van der Waals surface area contributed by atoms with E-state index in [-0.39, 0.29) is 17.0 Å². The van der Waals surface area contributed by atoms with Crippen molar-refractivity contribution >= 4 is 23.4 Å². The number of benzene rings is 1. The van der Waals surface area contributed by atoms with Gasteiger partial charge in [-0.15, -0.1) is 0 Å². The zero-order valence-corrected chi connectivity index (χ0v) is 22.8. The number of carboxylic acids is 1. The number of ketones is 1. The minimum atomic E-state index is -0.712. The first kappa shape index (κ1) is 27.4. The minimum Gasteiger partial charge on any atom is -0.481 e. The minimum absolute atomic E-state index is 0.0344. The summed E-state index contributed by atoms with van der Waals surface area (Å²) in [6, 6.07) is 8.13. The first-order valence-corrected chi connectivity index (χ1v) is 13.7. The topological polar surface area (TPSA) is 81.4 Å². The molecular weight excluding hydrogens is 488 g/mol. The van der Waals surface area contributed by atoms with Crippen LogP contribution in [0, 0.1) is 36.5 Å². The number of imidazole rings is 1. The molecule has 1 aromatic carbocycles. The highest BCUT2D eigenvalue weighted by Crippen LogP contribution is 2.33. The quantitative estimate of drug-likeness (QED) is 0.291. The summed E-state index contributed by atoms with van der Waals surface area (Å²) in [6.07, 6.45) is 6.53. The monoisotopic (exact) mass is 524 g/mol. The number of hydrogen-bond acceptors (Lipinski definition) is 4. The molecule has 0 aliphatic heterocycles. The Kier molecular flexibility index (Phi) is 8.77. The van der Waals surface area contributed by atoms with Crippen molar-refractivity contribution in [1.82, 2.24) is 9.55 Å². The summed E-state index contributed by atoms with van der Waals surface area (Å²) >= 11 is 6.58. The van der Waals surface area contributed by atoms with Gasteiger partial charge in [0.05, 0.1) is 19.1 Å². The van der Waals surface area contributed by atoms with Gasteiger partial charge in [0.2, 0.25) is 5.28 Å². The summed E-state index contributed by atoms with van der Waals surface area (Å²) in [5, 5.41) is 9.51. The summed E-state index contributed by atoms with van der Waals surface area (Å²) in [5.74, 6) is 6.27. The number of Topliss-reactive ketones (excluding diaryl/α,β-unsaturated/α-hetero) is 1. The predicted molar refractivity (Wildman–Crippen MR) is 144 cm³/mol. The van der Waals surface area contributed by atoms with Gasteiger partial charge in [0.25, 0.3) is 0 Å². The SMILES string of the molecule is Cc1ccc(Cn2c(Cl)nc(C#CC(C)(C)OCC3CC3)c2C(=O)CCC2CCC(C(=O)O)CC2)cc1. The third-order valence-electron chi connectivity index (χ3n) is 7.48. The summed E-state index contributed by atoms with van der Waals surface area (Å²) in [6.45, 7) is 7.03. The van der Waals surface area contributed by atoms with Crippen LogP contribution in [0.25, 0.3) is 0 Å². The van der Waals surface area contributed by atoms with Gasteiger partial charge < -0.3 is 14.4 Å². The van der Waals surface area contributed by atoms with Gasteiger partial charge in [-0.25, -0.2) is 4.98 Å². The lowest BCUT2D eigenvalue weighted by Gasteiger charge is -2.25. The van der Waals surface area contributed by atoms with Crippen LogP contribution < -0.4 is 0 Å². The van der Waals surface area contributed by atoms with E-state index in [0.717, 1.165) is 30.4 Å². The highest BCUT2D eigenvalue weighted by molar-refractivity contribution is 6.29. The molecule has 0 radical (unpaired) electrons. The normalized spacial score (nSPS) is 19.8. The Morgan fingerprint density at radius 3 is 2.38 bits per heavy atom. The van der Waals surface area contributed by atoms with E-state index >= 15 is 0 Å². The fourth-order valence-corrected chi connectivity index (χ4v) is 5.05. The second-order valence-corrected chi connectivity index (χ2v) is 11.5. The molecule has 4 rings (SSSR count). The van der Waals surface area contributed by atoms with Gasteiger partial charge >= 0.3 is 5.97 Å². The molecule has 1 N–H and O–H groups in total. The molecule has 1 heterocycles. The maximum absolute atomic E-state index is 13.6. The molecule has 2 aliphatic carbocycles. The van der Waals surface area contributed by atoms with E-state index in [1.807, 2.05) is 45.0 Å². The van der Waals surface area contributed by atoms with Crippen molar-refractivity contribution in [2.75, 3.05) is 6.61 Å². The van der Waals surface area contributed by atoms with Gasteiger partial charge in [-0.3, -0.25) is 9.59 Å². The summed E-state index contributed by atoms with van der Waals surface area (Å²) < 4.78 is 7.77. The lowest BCUT2D eigenvalue weighted by molar-refractivity contribution is -0.143. The number of rotatable bonds is 10. The Bertz CT molecular complexity index is 1180. The van der Waals surface area contributed by atoms with Crippen LogP contribution in [0.5, 0.6) is 0 Å². The van der Waals surface area contributed by atoms with Crippen LogP contribution in [0.15, 0.2) is 24.3 Å². The Labute approximate surface area is 224 Å². The van der Waals surface area contributed by atoms with Gasteiger partial charge in [-0.2, -0.15) is 0 Å². The molecule has 1 aromatic heterocycles. The molecule has 198 valence electrons. The maximum atomic E-state index is 13.6. The third kappa shape index (κ3) is 7.69. The Morgan fingerprint density at radius 1 is 1.11 bits per heavy atom. The third-order valence-corrected chi connectivity index (χ3v) is 7.77. The molecule has 0 bridgehead atoms. The van der Waals surface area contributed by atoms with Crippen molar-refractivity contribution in [3.8, 4) is 11.8 Å². The molecule has 7 heteroatoms. The highest BCUT2D eigenvalue weighted by Gasteiger charge is 2.28. The second kappa shape index (κ2) is 11.8. The maximum Gasteiger partial charge on any atom is 0.306 e. The number of nitrogens with zero attached hydrogens (tertiary/aromatic N) is 2. The summed E-state index contributed by atoms with van der Waals surface area (Å²) in [5.41, 5.74) is 2.36. The van der Waals surface area contributed by atoms with Crippen LogP contribution in [-0.4, -0.2) is 38.6 Å². The van der Waals surface area contributed by atoms with Crippen molar-refractivity contribution in [1.29, 1.82) is 0 Å². The van der Waals surface area contributed by atoms with Crippen molar-refractivity contribution in [2.24, 2.45) is 17.8 Å². The van der Waals surface area contributed by atoms with E-state index in [0.29, 0.717) is 55.6 Å². The van der Waals surface area contributed by atoms with Gasteiger partial charge in [0.1, 0.15) is 17.0 Å². The largest absolute Gasteiger partial charge is 0.481 e. The molecule has 2 aromatic rings. The fourth-order valence-electron chi connectivity index (χ4n) is 4.82. The summed E-state index contributed by atoms with van der Waals surface area (Å²) in [7, 11) is 0. The number of carboxylic acid groups (broad SMARTS) is 1. The van der Waals surface area contributed by atoms with Gasteiger partial charge in [0, 0.05) is 6.42 Å². The highest BCUT2D eigenvalue weighted by atomic mass is 35.5. The van der Waals surface area contributed by atoms with Gasteiger partial charge in [-0.05, 0) is 101 Å². The van der Waals surface area contributed by atoms with E-state index < -0.39 is 11.6 Å². The number of halogens is 1. The number of hydrogen-bond donors (Lipinski definition) is 1. The molecule has 6 nitrogen and oxygen atoms in total. The second-order valence-electron chi connectivity index (χ2n) is 11.2. The van der Waals surface area contributed by atoms with Crippen molar-refractivity contribution < 1.29 is 19.4 Å². The van der Waals surface area contributed by atoms with Crippen LogP contribution in [0.4, 0.5) is 0 Å². The molecular formula is C30H37ClN2O4. The van der Waals surface area contributed by atoms with Crippen LogP contribution in [0.1, 0.15) is 92.5 Å². The molecule has 0 atom stereocenters. The Morgan fingerprint density at radius 2 is 1.76 bits per heavy atom. The number of carbonyl (C=O) groups excluding carboxylic acids is 1. The van der Waals surface area contributed by atoms with E-state index in [1.54, 1.807) is 4.57 Å². The zero-order valence-electron chi connectivity index (χ0n) is 22.1. The average molecular weight is 525 g/mol. The number of ether oxygens (including phenoxy) is 1.